The van der Waals surface area contributed by atoms with Crippen molar-refractivity contribution >= 4 is 28.8 Å². The largest absolute Gasteiger partial charge is 0.330 e. The first kappa shape index (κ1) is 13.3. The monoisotopic (exact) mass is 318 g/mol. The van der Waals surface area contributed by atoms with E-state index in [9.17, 15) is 4.79 Å². The van der Waals surface area contributed by atoms with Crippen LogP contribution in [-0.2, 0) is 6.42 Å². The van der Waals surface area contributed by atoms with Crippen molar-refractivity contribution in [2.24, 2.45) is 5.92 Å². The highest BCUT2D eigenvalue weighted by Crippen LogP contribution is 2.48. The van der Waals surface area contributed by atoms with Crippen molar-refractivity contribution in [3.63, 3.8) is 0 Å². The third kappa shape index (κ3) is 2.36. The van der Waals surface area contributed by atoms with Crippen molar-refractivity contribution in [1.29, 1.82) is 0 Å². The minimum absolute atomic E-state index is 0.00579. The Bertz CT molecular complexity index is 695. The molecule has 1 fully saturated rings. The molecule has 1 aliphatic carbocycles. The number of hydrogen-bond donors (Lipinski definition) is 0. The standard InChI is InChI=1S/C16H15ClN2OS/c17-14-3-1-2-12(18-14)16(20)19-8-6-13-11(7-9-21-13)15(19)10-4-5-10/h1-3,7,9-10,15H,4-6,8H2. The number of carbonyl (C=O) groups excluding carboxylic acids is 1. The van der Waals surface area contributed by atoms with Crippen LogP contribution in [0.1, 0.15) is 39.8 Å². The van der Waals surface area contributed by atoms with Gasteiger partial charge in [0.25, 0.3) is 5.91 Å². The van der Waals surface area contributed by atoms with Gasteiger partial charge in [0, 0.05) is 11.4 Å². The second-order valence-corrected chi connectivity index (χ2v) is 7.06. The van der Waals surface area contributed by atoms with Gasteiger partial charge in [0.1, 0.15) is 10.8 Å². The van der Waals surface area contributed by atoms with Crippen LogP contribution >= 0.6 is 22.9 Å². The molecule has 108 valence electrons. The van der Waals surface area contributed by atoms with E-state index in [2.05, 4.69) is 16.4 Å². The van der Waals surface area contributed by atoms with Crippen molar-refractivity contribution in [1.82, 2.24) is 9.88 Å². The molecule has 1 aliphatic heterocycles. The van der Waals surface area contributed by atoms with Crippen molar-refractivity contribution in [2.75, 3.05) is 6.54 Å². The Morgan fingerprint density at radius 1 is 1.33 bits per heavy atom. The number of thiophene rings is 1. The molecule has 3 heterocycles. The molecule has 4 rings (SSSR count). The Hall–Kier alpha value is -1.39. The lowest BCUT2D eigenvalue weighted by molar-refractivity contribution is 0.0631. The van der Waals surface area contributed by atoms with E-state index in [0.717, 1.165) is 13.0 Å². The van der Waals surface area contributed by atoms with E-state index >= 15 is 0 Å². The molecule has 0 aromatic carbocycles. The number of nitrogens with zero attached hydrogens (tertiary/aromatic N) is 2. The fourth-order valence-corrected chi connectivity index (χ4v) is 4.25. The quantitative estimate of drug-likeness (QED) is 0.786. The molecule has 0 N–H and O–H groups in total. The fraction of sp³-hybridized carbons (Fsp3) is 0.375. The summed E-state index contributed by atoms with van der Waals surface area (Å²) >= 11 is 7.73. The minimum atomic E-state index is 0.00579. The summed E-state index contributed by atoms with van der Waals surface area (Å²) in [6.45, 7) is 0.779. The van der Waals surface area contributed by atoms with Crippen LogP contribution in [-0.4, -0.2) is 22.3 Å². The second kappa shape index (κ2) is 5.11. The van der Waals surface area contributed by atoms with Crippen molar-refractivity contribution < 1.29 is 4.79 Å². The van der Waals surface area contributed by atoms with Gasteiger partial charge in [-0.2, -0.15) is 0 Å². The van der Waals surface area contributed by atoms with E-state index in [1.54, 1.807) is 18.2 Å². The summed E-state index contributed by atoms with van der Waals surface area (Å²) in [7, 11) is 0. The normalized spacial score (nSPS) is 21.2. The Kier molecular flexibility index (Phi) is 3.23. The summed E-state index contributed by atoms with van der Waals surface area (Å²) in [4.78, 5) is 20.5. The summed E-state index contributed by atoms with van der Waals surface area (Å²) in [5.41, 5.74) is 1.80. The van der Waals surface area contributed by atoms with Crippen LogP contribution in [0.4, 0.5) is 0 Å². The molecule has 5 heteroatoms. The van der Waals surface area contributed by atoms with Crippen LogP contribution < -0.4 is 0 Å². The van der Waals surface area contributed by atoms with Gasteiger partial charge in [-0.1, -0.05) is 17.7 Å². The van der Waals surface area contributed by atoms with Crippen LogP contribution in [0.2, 0.25) is 5.15 Å². The second-order valence-electron chi connectivity index (χ2n) is 5.68. The third-order valence-corrected chi connectivity index (χ3v) is 5.48. The predicted octanol–water partition coefficient (Wildman–Crippen LogP) is 3.95. The number of amides is 1. The van der Waals surface area contributed by atoms with E-state index in [1.807, 2.05) is 16.2 Å². The van der Waals surface area contributed by atoms with Gasteiger partial charge in [-0.3, -0.25) is 4.79 Å². The smallest absolute Gasteiger partial charge is 0.273 e. The number of rotatable bonds is 2. The Morgan fingerprint density at radius 3 is 2.95 bits per heavy atom. The molecule has 2 aromatic rings. The fourth-order valence-electron chi connectivity index (χ4n) is 3.17. The first-order valence-corrected chi connectivity index (χ1v) is 8.49. The molecule has 2 aliphatic rings. The van der Waals surface area contributed by atoms with Gasteiger partial charge in [-0.15, -0.1) is 11.3 Å². The molecule has 0 bridgehead atoms. The Balaban J connectivity index is 1.69. The van der Waals surface area contributed by atoms with Gasteiger partial charge in [-0.05, 0) is 54.3 Å². The zero-order valence-electron chi connectivity index (χ0n) is 11.5. The Labute approximate surface area is 132 Å². The van der Waals surface area contributed by atoms with E-state index in [4.69, 9.17) is 11.6 Å². The van der Waals surface area contributed by atoms with Crippen molar-refractivity contribution in [3.8, 4) is 0 Å². The molecular weight excluding hydrogens is 304 g/mol. The van der Waals surface area contributed by atoms with Gasteiger partial charge in [0.2, 0.25) is 0 Å². The van der Waals surface area contributed by atoms with Gasteiger partial charge in [0.15, 0.2) is 0 Å². The van der Waals surface area contributed by atoms with E-state index in [-0.39, 0.29) is 11.9 Å². The lowest BCUT2D eigenvalue weighted by Gasteiger charge is -2.36. The average molecular weight is 319 g/mol. The number of halogens is 1. The van der Waals surface area contributed by atoms with Crippen LogP contribution in [0.5, 0.6) is 0 Å². The molecule has 3 nitrogen and oxygen atoms in total. The van der Waals surface area contributed by atoms with Gasteiger partial charge < -0.3 is 4.90 Å². The molecule has 1 saturated carbocycles. The summed E-state index contributed by atoms with van der Waals surface area (Å²) in [6.07, 6.45) is 3.38. The molecule has 1 unspecified atom stereocenters. The zero-order chi connectivity index (χ0) is 14.4. The lowest BCUT2D eigenvalue weighted by Crippen LogP contribution is -2.40. The molecule has 21 heavy (non-hydrogen) atoms. The molecule has 0 radical (unpaired) electrons. The molecule has 0 saturated heterocycles. The average Bonchev–Trinajstić information content (AvgIpc) is 3.22. The summed E-state index contributed by atoms with van der Waals surface area (Å²) in [5.74, 6) is 0.619. The maximum atomic E-state index is 12.8. The van der Waals surface area contributed by atoms with Crippen LogP contribution in [0, 0.1) is 5.92 Å². The highest BCUT2D eigenvalue weighted by Gasteiger charge is 2.42. The summed E-state index contributed by atoms with van der Waals surface area (Å²) in [6, 6.07) is 7.65. The molecular formula is C16H15ClN2OS. The summed E-state index contributed by atoms with van der Waals surface area (Å²) < 4.78 is 0. The minimum Gasteiger partial charge on any atom is -0.330 e. The summed E-state index contributed by atoms with van der Waals surface area (Å²) in [5, 5.41) is 2.52. The molecule has 0 spiro atoms. The van der Waals surface area contributed by atoms with Gasteiger partial charge in [-0.25, -0.2) is 4.98 Å². The molecule has 1 atom stereocenters. The maximum absolute atomic E-state index is 12.8. The van der Waals surface area contributed by atoms with E-state index < -0.39 is 0 Å². The molecule has 2 aromatic heterocycles. The van der Waals surface area contributed by atoms with Gasteiger partial charge >= 0.3 is 0 Å². The lowest BCUT2D eigenvalue weighted by atomic mass is 9.95. The van der Waals surface area contributed by atoms with Crippen LogP contribution in [0.25, 0.3) is 0 Å². The highest BCUT2D eigenvalue weighted by molar-refractivity contribution is 7.10. The first-order chi connectivity index (χ1) is 10.2. The van der Waals surface area contributed by atoms with E-state index in [1.165, 1.54) is 23.3 Å². The number of hydrogen-bond acceptors (Lipinski definition) is 3. The number of aromatic nitrogens is 1. The number of pyridine rings is 1. The van der Waals surface area contributed by atoms with Crippen molar-refractivity contribution in [3.05, 3.63) is 50.9 Å². The van der Waals surface area contributed by atoms with E-state index in [0.29, 0.717) is 16.8 Å². The first-order valence-electron chi connectivity index (χ1n) is 7.24. The number of fused-ring (bicyclic) bond motifs is 1. The zero-order valence-corrected chi connectivity index (χ0v) is 13.0. The number of carbonyl (C=O) groups is 1. The molecule has 1 amide bonds. The SMILES string of the molecule is O=C(c1cccc(Cl)n1)N1CCc2sccc2C1C1CC1. The maximum Gasteiger partial charge on any atom is 0.273 e. The van der Waals surface area contributed by atoms with Gasteiger partial charge in [0.05, 0.1) is 6.04 Å². The highest BCUT2D eigenvalue weighted by atomic mass is 35.5. The predicted molar refractivity (Wildman–Crippen MR) is 83.8 cm³/mol. The van der Waals surface area contributed by atoms with Crippen LogP contribution in [0.15, 0.2) is 29.6 Å². The van der Waals surface area contributed by atoms with Crippen molar-refractivity contribution in [2.45, 2.75) is 25.3 Å². The Morgan fingerprint density at radius 2 is 2.19 bits per heavy atom. The van der Waals surface area contributed by atoms with Crippen LogP contribution in [0.3, 0.4) is 0 Å². The third-order valence-electron chi connectivity index (χ3n) is 4.28. The topological polar surface area (TPSA) is 33.2 Å².